The predicted octanol–water partition coefficient (Wildman–Crippen LogP) is 2.77. The highest BCUT2D eigenvalue weighted by Gasteiger charge is 2.08. The molecule has 0 amide bonds. The van der Waals surface area contributed by atoms with Crippen LogP contribution in [-0.4, -0.2) is 12.6 Å². The van der Waals surface area contributed by atoms with Gasteiger partial charge in [-0.05, 0) is 12.8 Å². The number of esters is 1. The van der Waals surface area contributed by atoms with E-state index < -0.39 is 0 Å². The van der Waals surface area contributed by atoms with Gasteiger partial charge < -0.3 is 4.74 Å². The fraction of sp³-hybridized carbons (Fsp3) is 0.900. The zero-order valence-corrected chi connectivity index (χ0v) is 8.43. The average Bonchev–Trinajstić information content (AvgIpc) is 2.01. The second kappa shape index (κ2) is 7.14. The van der Waals surface area contributed by atoms with E-state index in [1.807, 2.05) is 6.92 Å². The van der Waals surface area contributed by atoms with Gasteiger partial charge in [-0.2, -0.15) is 0 Å². The first-order valence-electron chi connectivity index (χ1n) is 4.86. The molecule has 0 aromatic carbocycles. The highest BCUT2D eigenvalue weighted by molar-refractivity contribution is 5.69. The largest absolute Gasteiger partial charge is 0.466 e. The van der Waals surface area contributed by atoms with Crippen molar-refractivity contribution in [3.05, 3.63) is 0 Å². The van der Waals surface area contributed by atoms with Crippen LogP contribution in [0.4, 0.5) is 0 Å². The van der Waals surface area contributed by atoms with E-state index in [4.69, 9.17) is 4.74 Å². The summed E-state index contributed by atoms with van der Waals surface area (Å²) in [6.07, 6.45) is 4.12. The summed E-state index contributed by atoms with van der Waals surface area (Å²) in [6, 6.07) is 0. The van der Waals surface area contributed by atoms with E-state index in [9.17, 15) is 4.79 Å². The maximum absolute atomic E-state index is 11.0. The van der Waals surface area contributed by atoms with Gasteiger partial charge in [0.1, 0.15) is 0 Å². The number of hydrogen-bond acceptors (Lipinski definition) is 2. The first-order chi connectivity index (χ1) is 5.70. The molecule has 0 bridgehead atoms. The molecule has 1 unspecified atom stereocenters. The van der Waals surface area contributed by atoms with Crippen LogP contribution < -0.4 is 0 Å². The van der Waals surface area contributed by atoms with Crippen molar-refractivity contribution in [1.29, 1.82) is 0 Å². The van der Waals surface area contributed by atoms with Crippen molar-refractivity contribution < 1.29 is 9.53 Å². The summed E-state index contributed by atoms with van der Waals surface area (Å²) in [7, 11) is 0. The number of ether oxygens (including phenoxy) is 1. The zero-order chi connectivity index (χ0) is 9.40. The van der Waals surface area contributed by atoms with E-state index in [1.54, 1.807) is 0 Å². The monoisotopic (exact) mass is 172 g/mol. The van der Waals surface area contributed by atoms with Gasteiger partial charge in [0.15, 0.2) is 0 Å². The third kappa shape index (κ3) is 6.20. The molecule has 0 aliphatic rings. The van der Waals surface area contributed by atoms with Gasteiger partial charge in [-0.25, -0.2) is 0 Å². The van der Waals surface area contributed by atoms with Gasteiger partial charge in [-0.15, -0.1) is 0 Å². The quantitative estimate of drug-likeness (QED) is 0.576. The highest BCUT2D eigenvalue weighted by atomic mass is 16.5. The standard InChI is InChI=1S/C10H20O2/c1-4-6-7-9(3)8-10(11)12-5-2/h9H,4-8H2,1-3H3. The van der Waals surface area contributed by atoms with E-state index >= 15 is 0 Å². The molecule has 0 fully saturated rings. The van der Waals surface area contributed by atoms with E-state index in [2.05, 4.69) is 13.8 Å². The Kier molecular flexibility index (Phi) is 6.82. The van der Waals surface area contributed by atoms with Crippen LogP contribution in [0.15, 0.2) is 0 Å². The molecular weight excluding hydrogens is 152 g/mol. The normalized spacial score (nSPS) is 12.6. The minimum Gasteiger partial charge on any atom is -0.466 e. The molecule has 0 saturated heterocycles. The van der Waals surface area contributed by atoms with Crippen molar-refractivity contribution in [2.24, 2.45) is 5.92 Å². The van der Waals surface area contributed by atoms with Crippen molar-refractivity contribution in [2.45, 2.75) is 46.5 Å². The maximum Gasteiger partial charge on any atom is 0.306 e. The average molecular weight is 172 g/mol. The van der Waals surface area contributed by atoms with Crippen LogP contribution >= 0.6 is 0 Å². The number of carbonyl (C=O) groups excluding carboxylic acids is 1. The predicted molar refractivity (Wildman–Crippen MR) is 49.9 cm³/mol. The molecule has 0 saturated carbocycles. The zero-order valence-electron chi connectivity index (χ0n) is 8.43. The Morgan fingerprint density at radius 3 is 2.58 bits per heavy atom. The van der Waals surface area contributed by atoms with Crippen LogP contribution in [0.2, 0.25) is 0 Å². The lowest BCUT2D eigenvalue weighted by atomic mass is 10.0. The van der Waals surface area contributed by atoms with E-state index in [-0.39, 0.29) is 5.97 Å². The molecular formula is C10H20O2. The number of hydrogen-bond donors (Lipinski definition) is 0. The Labute approximate surface area is 75.3 Å². The summed E-state index contributed by atoms with van der Waals surface area (Å²) >= 11 is 0. The molecule has 0 N–H and O–H groups in total. The molecule has 0 rings (SSSR count). The molecule has 0 heterocycles. The van der Waals surface area contributed by atoms with Gasteiger partial charge >= 0.3 is 5.97 Å². The first kappa shape index (κ1) is 11.5. The summed E-state index contributed by atoms with van der Waals surface area (Å²) in [6.45, 7) is 6.61. The van der Waals surface area contributed by atoms with Crippen molar-refractivity contribution in [1.82, 2.24) is 0 Å². The second-order valence-electron chi connectivity index (χ2n) is 3.26. The van der Waals surface area contributed by atoms with Crippen molar-refractivity contribution in [3.63, 3.8) is 0 Å². The first-order valence-corrected chi connectivity index (χ1v) is 4.86. The number of rotatable bonds is 6. The third-order valence-corrected chi connectivity index (χ3v) is 1.87. The Morgan fingerprint density at radius 2 is 2.08 bits per heavy atom. The third-order valence-electron chi connectivity index (χ3n) is 1.87. The Hall–Kier alpha value is -0.530. The smallest absolute Gasteiger partial charge is 0.306 e. The molecule has 12 heavy (non-hydrogen) atoms. The number of carbonyl (C=O) groups is 1. The van der Waals surface area contributed by atoms with Gasteiger partial charge in [0.05, 0.1) is 6.61 Å². The van der Waals surface area contributed by atoms with Crippen LogP contribution in [0.5, 0.6) is 0 Å². The van der Waals surface area contributed by atoms with Crippen molar-refractivity contribution in [3.8, 4) is 0 Å². The van der Waals surface area contributed by atoms with Crippen LogP contribution in [0, 0.1) is 5.92 Å². The van der Waals surface area contributed by atoms with Crippen molar-refractivity contribution in [2.75, 3.05) is 6.61 Å². The molecule has 2 heteroatoms. The van der Waals surface area contributed by atoms with Crippen LogP contribution in [-0.2, 0) is 9.53 Å². The van der Waals surface area contributed by atoms with Gasteiger partial charge in [0.2, 0.25) is 0 Å². The van der Waals surface area contributed by atoms with E-state index in [1.165, 1.54) is 12.8 Å². The topological polar surface area (TPSA) is 26.3 Å². The molecule has 0 radical (unpaired) electrons. The molecule has 72 valence electrons. The molecule has 2 nitrogen and oxygen atoms in total. The van der Waals surface area contributed by atoms with Crippen molar-refractivity contribution >= 4 is 5.97 Å². The second-order valence-corrected chi connectivity index (χ2v) is 3.26. The molecule has 0 aliphatic carbocycles. The Bertz CT molecular complexity index is 121. The minimum absolute atomic E-state index is 0.0545. The molecule has 0 aromatic heterocycles. The maximum atomic E-state index is 11.0. The lowest BCUT2D eigenvalue weighted by Gasteiger charge is -2.08. The van der Waals surface area contributed by atoms with Crippen LogP contribution in [0.3, 0.4) is 0 Å². The molecule has 0 aliphatic heterocycles. The van der Waals surface area contributed by atoms with Gasteiger partial charge in [0.25, 0.3) is 0 Å². The summed E-state index contributed by atoms with van der Waals surface area (Å²) in [5, 5.41) is 0. The summed E-state index contributed by atoms with van der Waals surface area (Å²) < 4.78 is 4.85. The minimum atomic E-state index is -0.0545. The van der Waals surface area contributed by atoms with Gasteiger partial charge in [-0.1, -0.05) is 33.1 Å². The van der Waals surface area contributed by atoms with E-state index in [0.717, 1.165) is 6.42 Å². The number of unbranched alkanes of at least 4 members (excludes halogenated alkanes) is 1. The van der Waals surface area contributed by atoms with E-state index in [0.29, 0.717) is 18.9 Å². The van der Waals surface area contributed by atoms with Crippen LogP contribution in [0.1, 0.15) is 46.5 Å². The van der Waals surface area contributed by atoms with Gasteiger partial charge in [0, 0.05) is 6.42 Å². The van der Waals surface area contributed by atoms with Gasteiger partial charge in [-0.3, -0.25) is 4.79 Å². The Balaban J connectivity index is 3.40. The fourth-order valence-electron chi connectivity index (χ4n) is 1.16. The lowest BCUT2D eigenvalue weighted by Crippen LogP contribution is -2.09. The fourth-order valence-corrected chi connectivity index (χ4v) is 1.16. The summed E-state index contributed by atoms with van der Waals surface area (Å²) in [5.41, 5.74) is 0. The Morgan fingerprint density at radius 1 is 1.42 bits per heavy atom. The highest BCUT2D eigenvalue weighted by Crippen LogP contribution is 2.12. The summed E-state index contributed by atoms with van der Waals surface area (Å²) in [5.74, 6) is 0.421. The van der Waals surface area contributed by atoms with Crippen LogP contribution in [0.25, 0.3) is 0 Å². The molecule has 0 spiro atoms. The lowest BCUT2D eigenvalue weighted by molar-refractivity contribution is -0.144. The SMILES string of the molecule is CCCCC(C)CC(=O)OCC. The summed E-state index contributed by atoms with van der Waals surface area (Å²) in [4.78, 5) is 11.0. The molecule has 1 atom stereocenters. The molecule has 0 aromatic rings.